The van der Waals surface area contributed by atoms with Crippen molar-refractivity contribution < 1.29 is 0 Å². The van der Waals surface area contributed by atoms with Gasteiger partial charge < -0.3 is 9.80 Å². The maximum absolute atomic E-state index is 2.86. The Morgan fingerprint density at radius 1 is 0.913 bits per heavy atom. The van der Waals surface area contributed by atoms with Crippen LogP contribution in [0.1, 0.15) is 53.4 Å². The van der Waals surface area contributed by atoms with Crippen molar-refractivity contribution in [1.82, 2.24) is 14.7 Å². The van der Waals surface area contributed by atoms with Crippen LogP contribution in [-0.4, -0.2) is 72.1 Å². The minimum absolute atomic E-state index is 0.651. The average molecular weight is 320 g/mol. The molecule has 5 rings (SSSR count). The molecule has 23 heavy (non-hydrogen) atoms. The van der Waals surface area contributed by atoms with Gasteiger partial charge in [-0.1, -0.05) is 13.8 Å². The molecule has 0 radical (unpaired) electrons. The standard InChI is InChI=1S/C20H37N3/c1-16(2)19-13-20(14-19,15-19)23-9-7-21(8-10-23)11-18-5-6-22(12-18)17(3)4/h16-18H,5-15H2,1-4H3/t18-,19?,20?/m0/s1. The van der Waals surface area contributed by atoms with E-state index in [1.54, 1.807) is 0 Å². The third-order valence-electron chi connectivity index (χ3n) is 7.88. The maximum atomic E-state index is 2.86. The zero-order chi connectivity index (χ0) is 16.2. The number of piperazine rings is 1. The second kappa shape index (κ2) is 5.71. The molecular weight excluding hydrogens is 282 g/mol. The van der Waals surface area contributed by atoms with Gasteiger partial charge in [0.25, 0.3) is 0 Å². The van der Waals surface area contributed by atoms with Gasteiger partial charge in [-0.15, -0.1) is 0 Å². The lowest BCUT2D eigenvalue weighted by atomic mass is 9.35. The third kappa shape index (κ3) is 2.67. The number of likely N-dealkylation sites (tertiary alicyclic amines) is 1. The van der Waals surface area contributed by atoms with E-state index < -0.39 is 0 Å². The van der Waals surface area contributed by atoms with Crippen molar-refractivity contribution in [3.05, 3.63) is 0 Å². The van der Waals surface area contributed by atoms with Gasteiger partial charge in [-0.05, 0) is 63.3 Å². The van der Waals surface area contributed by atoms with Gasteiger partial charge in [0.2, 0.25) is 0 Å². The summed E-state index contributed by atoms with van der Waals surface area (Å²) in [6.45, 7) is 18.8. The highest BCUT2D eigenvalue weighted by molar-refractivity contribution is 5.24. The fourth-order valence-corrected chi connectivity index (χ4v) is 6.01. The molecule has 5 fully saturated rings. The smallest absolute Gasteiger partial charge is 0.0226 e. The first-order valence-electron chi connectivity index (χ1n) is 10.1. The van der Waals surface area contributed by atoms with Crippen LogP contribution in [-0.2, 0) is 0 Å². The van der Waals surface area contributed by atoms with E-state index in [0.29, 0.717) is 5.54 Å². The lowest BCUT2D eigenvalue weighted by Crippen LogP contribution is -2.77. The molecular formula is C20H37N3. The summed E-state index contributed by atoms with van der Waals surface area (Å²) in [5.41, 5.74) is 1.40. The molecule has 2 saturated heterocycles. The van der Waals surface area contributed by atoms with Gasteiger partial charge in [-0.3, -0.25) is 4.90 Å². The molecule has 0 aromatic carbocycles. The molecule has 2 bridgehead atoms. The summed E-state index contributed by atoms with van der Waals surface area (Å²) in [5, 5.41) is 0. The minimum atomic E-state index is 0.651. The number of rotatable bonds is 5. The van der Waals surface area contributed by atoms with Crippen LogP contribution in [0.5, 0.6) is 0 Å². The quantitative estimate of drug-likeness (QED) is 0.771. The molecule has 0 N–H and O–H groups in total. The maximum Gasteiger partial charge on any atom is 0.0226 e. The van der Waals surface area contributed by atoms with Gasteiger partial charge >= 0.3 is 0 Å². The average Bonchev–Trinajstić information content (AvgIpc) is 2.86. The SMILES string of the molecule is CC(C)N1CC[C@@H](CN2CCN(C34CC(C(C)C)(C3)C4)CC2)C1. The second-order valence-corrected chi connectivity index (χ2v) is 9.80. The summed E-state index contributed by atoms with van der Waals surface area (Å²) >= 11 is 0. The summed E-state index contributed by atoms with van der Waals surface area (Å²) in [5.74, 6) is 1.82. The van der Waals surface area contributed by atoms with E-state index in [1.807, 2.05) is 0 Å². The molecule has 0 amide bonds. The largest absolute Gasteiger partial charge is 0.301 e. The highest BCUT2D eigenvalue weighted by Crippen LogP contribution is 2.72. The number of hydrogen-bond donors (Lipinski definition) is 0. The van der Waals surface area contributed by atoms with Crippen LogP contribution in [0.2, 0.25) is 0 Å². The molecule has 3 saturated carbocycles. The van der Waals surface area contributed by atoms with E-state index in [2.05, 4.69) is 42.4 Å². The lowest BCUT2D eigenvalue weighted by molar-refractivity contribution is -0.246. The monoisotopic (exact) mass is 319 g/mol. The predicted molar refractivity (Wildman–Crippen MR) is 96.7 cm³/mol. The van der Waals surface area contributed by atoms with E-state index in [-0.39, 0.29) is 0 Å². The van der Waals surface area contributed by atoms with Gasteiger partial charge in [0.1, 0.15) is 0 Å². The van der Waals surface area contributed by atoms with Crippen LogP contribution in [0.4, 0.5) is 0 Å². The molecule has 3 aliphatic carbocycles. The van der Waals surface area contributed by atoms with Crippen LogP contribution >= 0.6 is 0 Å². The molecule has 132 valence electrons. The van der Waals surface area contributed by atoms with Crippen molar-refractivity contribution in [2.24, 2.45) is 17.3 Å². The van der Waals surface area contributed by atoms with E-state index in [1.165, 1.54) is 71.5 Å². The van der Waals surface area contributed by atoms with Crippen LogP contribution in [0.3, 0.4) is 0 Å². The van der Waals surface area contributed by atoms with Crippen LogP contribution < -0.4 is 0 Å². The molecule has 1 atom stereocenters. The first-order valence-corrected chi connectivity index (χ1v) is 10.1. The summed E-state index contributed by atoms with van der Waals surface area (Å²) in [6, 6.07) is 0.731. The normalized spacial score (nSPS) is 42.3. The fraction of sp³-hybridized carbons (Fsp3) is 1.00. The Bertz CT molecular complexity index is 416. The first-order chi connectivity index (χ1) is 10.9. The first kappa shape index (κ1) is 16.4. The van der Waals surface area contributed by atoms with Crippen LogP contribution in [0, 0.1) is 17.3 Å². The Morgan fingerprint density at radius 3 is 2.09 bits per heavy atom. The molecule has 5 aliphatic rings. The summed E-state index contributed by atoms with van der Waals surface area (Å²) < 4.78 is 0. The van der Waals surface area contributed by atoms with Crippen molar-refractivity contribution in [2.45, 2.75) is 65.0 Å². The van der Waals surface area contributed by atoms with E-state index in [9.17, 15) is 0 Å². The predicted octanol–water partition coefficient (Wildman–Crippen LogP) is 2.91. The summed E-state index contributed by atoms with van der Waals surface area (Å²) in [6.07, 6.45) is 5.93. The zero-order valence-electron chi connectivity index (χ0n) is 15.9. The van der Waals surface area contributed by atoms with Gasteiger partial charge in [0.05, 0.1) is 0 Å². The van der Waals surface area contributed by atoms with E-state index in [0.717, 1.165) is 23.3 Å². The third-order valence-corrected chi connectivity index (χ3v) is 7.88. The molecule has 0 aromatic rings. The van der Waals surface area contributed by atoms with Gasteiger partial charge in [-0.25, -0.2) is 0 Å². The summed E-state index contributed by atoms with van der Waals surface area (Å²) in [4.78, 5) is 8.28. The van der Waals surface area contributed by atoms with Gasteiger partial charge in [-0.2, -0.15) is 0 Å². The fourth-order valence-electron chi connectivity index (χ4n) is 6.01. The molecule has 2 heterocycles. The molecule has 3 nitrogen and oxygen atoms in total. The molecule has 3 heteroatoms. The second-order valence-electron chi connectivity index (χ2n) is 9.80. The van der Waals surface area contributed by atoms with Crippen molar-refractivity contribution in [2.75, 3.05) is 45.8 Å². The minimum Gasteiger partial charge on any atom is -0.301 e. The Balaban J connectivity index is 1.21. The van der Waals surface area contributed by atoms with Gasteiger partial charge in [0, 0.05) is 50.8 Å². The number of nitrogens with zero attached hydrogens (tertiary/aromatic N) is 3. The van der Waals surface area contributed by atoms with Crippen molar-refractivity contribution in [3.63, 3.8) is 0 Å². The Hall–Kier alpha value is -0.120. The molecule has 0 spiro atoms. The highest BCUT2D eigenvalue weighted by Gasteiger charge is 2.70. The highest BCUT2D eigenvalue weighted by atomic mass is 15.3. The molecule has 2 aliphatic heterocycles. The lowest BCUT2D eigenvalue weighted by Gasteiger charge is -2.76. The summed E-state index contributed by atoms with van der Waals surface area (Å²) in [7, 11) is 0. The van der Waals surface area contributed by atoms with Crippen molar-refractivity contribution >= 4 is 0 Å². The van der Waals surface area contributed by atoms with Crippen molar-refractivity contribution in [3.8, 4) is 0 Å². The van der Waals surface area contributed by atoms with E-state index >= 15 is 0 Å². The zero-order valence-corrected chi connectivity index (χ0v) is 15.9. The number of hydrogen-bond acceptors (Lipinski definition) is 3. The Kier molecular flexibility index (Phi) is 4.06. The molecule has 0 aromatic heterocycles. The Morgan fingerprint density at radius 2 is 1.57 bits per heavy atom. The van der Waals surface area contributed by atoms with Gasteiger partial charge in [0.15, 0.2) is 0 Å². The molecule has 0 unspecified atom stereocenters. The van der Waals surface area contributed by atoms with Crippen molar-refractivity contribution in [1.29, 1.82) is 0 Å². The van der Waals surface area contributed by atoms with E-state index in [4.69, 9.17) is 0 Å². The van der Waals surface area contributed by atoms with Crippen LogP contribution in [0.25, 0.3) is 0 Å². The topological polar surface area (TPSA) is 9.72 Å². The van der Waals surface area contributed by atoms with Crippen LogP contribution in [0.15, 0.2) is 0 Å². The Labute approximate surface area is 143 Å².